The second kappa shape index (κ2) is 8.52. The fraction of sp³-hybridized carbons (Fsp3) is 0.348. The molecular formula is C23H25N5OS. The molecule has 5 rings (SSSR count). The molecule has 7 heteroatoms. The van der Waals surface area contributed by atoms with E-state index in [2.05, 4.69) is 55.3 Å². The van der Waals surface area contributed by atoms with Crippen LogP contribution in [0.5, 0.6) is 5.88 Å². The predicted octanol–water partition coefficient (Wildman–Crippen LogP) is 4.34. The van der Waals surface area contributed by atoms with Crippen LogP contribution in [0.1, 0.15) is 18.4 Å². The van der Waals surface area contributed by atoms with Gasteiger partial charge in [0.25, 0.3) is 0 Å². The summed E-state index contributed by atoms with van der Waals surface area (Å²) < 4.78 is 6.24. The van der Waals surface area contributed by atoms with Gasteiger partial charge in [-0.3, -0.25) is 0 Å². The van der Waals surface area contributed by atoms with Crippen LogP contribution in [0.25, 0.3) is 0 Å². The maximum atomic E-state index is 6.24. The van der Waals surface area contributed by atoms with E-state index in [-0.39, 0.29) is 6.10 Å². The minimum atomic E-state index is 0.169. The van der Waals surface area contributed by atoms with Crippen molar-refractivity contribution < 1.29 is 4.74 Å². The fourth-order valence-corrected chi connectivity index (χ4v) is 4.66. The first-order valence-corrected chi connectivity index (χ1v) is 11.6. The van der Waals surface area contributed by atoms with Crippen LogP contribution in [0.15, 0.2) is 59.9 Å². The van der Waals surface area contributed by atoms with Crippen molar-refractivity contribution in [3.63, 3.8) is 0 Å². The lowest BCUT2D eigenvalue weighted by Gasteiger charge is -2.32. The average molecular weight is 420 g/mol. The molecule has 3 aromatic rings. The van der Waals surface area contributed by atoms with Crippen LogP contribution < -0.4 is 14.5 Å². The Hall–Kier alpha value is -2.80. The third-order valence-corrected chi connectivity index (χ3v) is 6.51. The van der Waals surface area contributed by atoms with Crippen molar-refractivity contribution in [2.24, 2.45) is 0 Å². The quantitative estimate of drug-likeness (QED) is 0.570. The first-order chi connectivity index (χ1) is 14.8. The van der Waals surface area contributed by atoms with Gasteiger partial charge in [0, 0.05) is 55.3 Å². The summed E-state index contributed by atoms with van der Waals surface area (Å²) in [5.74, 6) is 2.60. The molecule has 6 nitrogen and oxygen atoms in total. The van der Waals surface area contributed by atoms with E-state index in [1.165, 1.54) is 16.1 Å². The number of anilines is 3. The highest BCUT2D eigenvalue weighted by Crippen LogP contribution is 2.36. The maximum absolute atomic E-state index is 6.24. The summed E-state index contributed by atoms with van der Waals surface area (Å²) >= 11 is 1.78. The zero-order chi connectivity index (χ0) is 20.3. The molecule has 154 valence electrons. The number of pyridine rings is 1. The van der Waals surface area contributed by atoms with Crippen LogP contribution in [-0.2, 0) is 6.42 Å². The first kappa shape index (κ1) is 19.2. The standard InChI is InChI=1S/C23H25N5OS/c1-30-19-5-6-20-17(14-19)7-13-28(20)22-15-23(26-16-25-22)29-18-8-11-27(12-9-18)21-4-2-3-10-24-21/h2-6,10,14-16,18H,7-9,11-13H2,1H3. The molecule has 0 saturated carbocycles. The van der Waals surface area contributed by atoms with Crippen molar-refractivity contribution in [2.45, 2.75) is 30.3 Å². The molecule has 0 radical (unpaired) electrons. The Morgan fingerprint density at radius 1 is 0.967 bits per heavy atom. The SMILES string of the molecule is CSc1ccc2c(c1)CCN2c1cc(OC2CCN(c3ccccn3)CC2)ncn1. The van der Waals surface area contributed by atoms with E-state index in [0.29, 0.717) is 5.88 Å². The van der Waals surface area contributed by atoms with Crippen molar-refractivity contribution in [1.29, 1.82) is 0 Å². The number of nitrogens with zero attached hydrogens (tertiary/aromatic N) is 5. The van der Waals surface area contributed by atoms with E-state index in [1.807, 2.05) is 24.4 Å². The van der Waals surface area contributed by atoms with Crippen LogP contribution in [-0.4, -0.2) is 46.9 Å². The largest absolute Gasteiger partial charge is 0.474 e. The normalized spacial score (nSPS) is 16.6. The van der Waals surface area contributed by atoms with Crippen molar-refractivity contribution >= 4 is 29.1 Å². The van der Waals surface area contributed by atoms with Crippen LogP contribution >= 0.6 is 11.8 Å². The molecule has 1 fully saturated rings. The molecule has 1 saturated heterocycles. The van der Waals surface area contributed by atoms with Gasteiger partial charge in [0.15, 0.2) is 0 Å². The van der Waals surface area contributed by atoms with Gasteiger partial charge >= 0.3 is 0 Å². The highest BCUT2D eigenvalue weighted by molar-refractivity contribution is 7.98. The third kappa shape index (κ3) is 3.94. The lowest BCUT2D eigenvalue weighted by Crippen LogP contribution is -2.38. The highest BCUT2D eigenvalue weighted by atomic mass is 32.2. The molecule has 0 aliphatic carbocycles. The van der Waals surface area contributed by atoms with Gasteiger partial charge in [0.2, 0.25) is 5.88 Å². The van der Waals surface area contributed by atoms with Gasteiger partial charge < -0.3 is 14.5 Å². The second-order valence-corrected chi connectivity index (χ2v) is 8.48. The Bertz CT molecular complexity index is 1010. The number of benzene rings is 1. The molecule has 0 bridgehead atoms. The summed E-state index contributed by atoms with van der Waals surface area (Å²) in [6.45, 7) is 2.82. The maximum Gasteiger partial charge on any atom is 0.218 e. The Labute approximate surface area is 181 Å². The predicted molar refractivity (Wildman–Crippen MR) is 121 cm³/mol. The summed E-state index contributed by atoms with van der Waals surface area (Å²) in [4.78, 5) is 19.2. The zero-order valence-corrected chi connectivity index (χ0v) is 17.9. The summed E-state index contributed by atoms with van der Waals surface area (Å²) in [5, 5.41) is 0. The lowest BCUT2D eigenvalue weighted by molar-refractivity contribution is 0.163. The molecule has 2 aliphatic heterocycles. The molecule has 4 heterocycles. The summed E-state index contributed by atoms with van der Waals surface area (Å²) in [6, 6.07) is 14.7. The number of rotatable bonds is 5. The highest BCUT2D eigenvalue weighted by Gasteiger charge is 2.24. The number of hydrogen-bond donors (Lipinski definition) is 0. The van der Waals surface area contributed by atoms with Crippen LogP contribution in [0, 0.1) is 0 Å². The summed E-state index contributed by atoms with van der Waals surface area (Å²) in [5.41, 5.74) is 2.62. The summed E-state index contributed by atoms with van der Waals surface area (Å²) in [7, 11) is 0. The van der Waals surface area contributed by atoms with E-state index in [0.717, 1.165) is 50.5 Å². The fourth-order valence-electron chi connectivity index (χ4n) is 4.20. The molecule has 0 spiro atoms. The van der Waals surface area contributed by atoms with Crippen molar-refractivity contribution in [1.82, 2.24) is 15.0 Å². The lowest BCUT2D eigenvalue weighted by atomic mass is 10.1. The van der Waals surface area contributed by atoms with Gasteiger partial charge in [-0.05, 0) is 48.6 Å². The molecule has 1 aromatic carbocycles. The second-order valence-electron chi connectivity index (χ2n) is 7.60. The Balaban J connectivity index is 1.25. The number of piperidine rings is 1. The van der Waals surface area contributed by atoms with Crippen LogP contribution in [0.4, 0.5) is 17.3 Å². The van der Waals surface area contributed by atoms with Crippen molar-refractivity contribution in [2.75, 3.05) is 35.7 Å². The molecule has 2 aromatic heterocycles. The number of ether oxygens (including phenoxy) is 1. The third-order valence-electron chi connectivity index (χ3n) is 5.79. The average Bonchev–Trinajstić information content (AvgIpc) is 3.23. The topological polar surface area (TPSA) is 54.4 Å². The molecular weight excluding hydrogens is 394 g/mol. The smallest absolute Gasteiger partial charge is 0.218 e. The molecule has 0 N–H and O–H groups in total. The van der Waals surface area contributed by atoms with Crippen LogP contribution in [0.3, 0.4) is 0 Å². The van der Waals surface area contributed by atoms with E-state index < -0.39 is 0 Å². The monoisotopic (exact) mass is 419 g/mol. The molecule has 0 unspecified atom stereocenters. The summed E-state index contributed by atoms with van der Waals surface area (Å²) in [6.07, 6.45) is 8.70. The van der Waals surface area contributed by atoms with Gasteiger partial charge in [-0.1, -0.05) is 6.07 Å². The number of thioether (sulfide) groups is 1. The van der Waals surface area contributed by atoms with Crippen LogP contribution in [0.2, 0.25) is 0 Å². The van der Waals surface area contributed by atoms with Gasteiger partial charge in [-0.25, -0.2) is 15.0 Å². The Morgan fingerprint density at radius 3 is 2.67 bits per heavy atom. The Kier molecular flexibility index (Phi) is 5.45. The first-order valence-electron chi connectivity index (χ1n) is 10.4. The minimum Gasteiger partial charge on any atom is -0.474 e. The van der Waals surface area contributed by atoms with Gasteiger partial charge in [0.05, 0.1) is 0 Å². The molecule has 0 amide bonds. The van der Waals surface area contributed by atoms with Crippen molar-refractivity contribution in [3.05, 3.63) is 60.6 Å². The molecule has 30 heavy (non-hydrogen) atoms. The minimum absolute atomic E-state index is 0.169. The number of aromatic nitrogens is 3. The Morgan fingerprint density at radius 2 is 1.87 bits per heavy atom. The zero-order valence-electron chi connectivity index (χ0n) is 17.1. The van der Waals surface area contributed by atoms with E-state index in [4.69, 9.17) is 4.74 Å². The van der Waals surface area contributed by atoms with Gasteiger partial charge in [-0.2, -0.15) is 0 Å². The van der Waals surface area contributed by atoms with E-state index >= 15 is 0 Å². The van der Waals surface area contributed by atoms with Gasteiger partial charge in [0.1, 0.15) is 24.1 Å². The van der Waals surface area contributed by atoms with Gasteiger partial charge in [-0.15, -0.1) is 11.8 Å². The van der Waals surface area contributed by atoms with Crippen molar-refractivity contribution in [3.8, 4) is 5.88 Å². The number of hydrogen-bond acceptors (Lipinski definition) is 7. The van der Waals surface area contributed by atoms with E-state index in [1.54, 1.807) is 18.1 Å². The molecule has 0 atom stereocenters. The molecule has 2 aliphatic rings. The van der Waals surface area contributed by atoms with E-state index in [9.17, 15) is 0 Å². The number of fused-ring (bicyclic) bond motifs is 1.